The molecular formula is C67H122O6. The zero-order valence-electron chi connectivity index (χ0n) is 48.9. The molecule has 0 fully saturated rings. The molecule has 6 nitrogen and oxygen atoms in total. The Morgan fingerprint density at radius 2 is 0.534 bits per heavy atom. The summed E-state index contributed by atoms with van der Waals surface area (Å²) >= 11 is 0. The summed E-state index contributed by atoms with van der Waals surface area (Å²) in [5, 5.41) is 0. The molecule has 73 heavy (non-hydrogen) atoms. The van der Waals surface area contributed by atoms with E-state index in [1.807, 2.05) is 6.08 Å². The van der Waals surface area contributed by atoms with Gasteiger partial charge in [-0.2, -0.15) is 0 Å². The topological polar surface area (TPSA) is 78.9 Å². The predicted molar refractivity (Wildman–Crippen MR) is 316 cm³/mol. The fourth-order valence-electron chi connectivity index (χ4n) is 9.58. The third kappa shape index (κ3) is 60.1. The largest absolute Gasteiger partial charge is 0.462 e. The fraction of sp³-hybridized carbons (Fsp3) is 0.836. The summed E-state index contributed by atoms with van der Waals surface area (Å²) in [5.41, 5.74) is 0. The minimum atomic E-state index is -0.798. The highest BCUT2D eigenvalue weighted by atomic mass is 16.6. The number of allylic oxidation sites excluding steroid dienone is 8. The van der Waals surface area contributed by atoms with E-state index in [0.29, 0.717) is 19.3 Å². The van der Waals surface area contributed by atoms with Crippen molar-refractivity contribution >= 4 is 17.9 Å². The van der Waals surface area contributed by atoms with E-state index in [1.165, 1.54) is 231 Å². The van der Waals surface area contributed by atoms with Crippen LogP contribution in [-0.2, 0) is 28.6 Å². The third-order valence-electron chi connectivity index (χ3n) is 14.4. The molecule has 0 radical (unpaired) electrons. The van der Waals surface area contributed by atoms with Crippen molar-refractivity contribution in [1.82, 2.24) is 0 Å². The maximum Gasteiger partial charge on any atom is 0.306 e. The first-order chi connectivity index (χ1) is 36.0. The minimum absolute atomic E-state index is 0.0901. The molecule has 0 saturated heterocycles. The van der Waals surface area contributed by atoms with Crippen molar-refractivity contribution in [2.24, 2.45) is 0 Å². The van der Waals surface area contributed by atoms with Gasteiger partial charge in [-0.15, -0.1) is 0 Å². The van der Waals surface area contributed by atoms with Gasteiger partial charge in [0.1, 0.15) is 13.2 Å². The molecule has 0 spiro atoms. The highest BCUT2D eigenvalue weighted by Gasteiger charge is 2.19. The summed E-state index contributed by atoms with van der Waals surface area (Å²) in [6.45, 7) is 6.52. The number of ether oxygens (including phenoxy) is 3. The first-order valence-electron chi connectivity index (χ1n) is 32.1. The van der Waals surface area contributed by atoms with Crippen LogP contribution in [0, 0.1) is 0 Å². The summed E-state index contributed by atoms with van der Waals surface area (Å²) in [6, 6.07) is 0. The van der Waals surface area contributed by atoms with Crippen LogP contribution in [0.15, 0.2) is 48.6 Å². The van der Waals surface area contributed by atoms with Crippen molar-refractivity contribution in [2.45, 2.75) is 348 Å². The number of esters is 3. The average Bonchev–Trinajstić information content (AvgIpc) is 3.39. The SMILES string of the molecule is CC/C=C\C/C=C\C/C=C\C/C=C\CCC(=O)OCC(COC(=O)CCCCCCCCCCCCCCCCCCCCCCCCCCCC)OC(=O)CCCCCCCCCCCCCCCCCC. The maximum absolute atomic E-state index is 12.9. The quantitative estimate of drug-likeness (QED) is 0.0261. The Bertz CT molecular complexity index is 1270. The predicted octanol–water partition coefficient (Wildman–Crippen LogP) is 21.8. The summed E-state index contributed by atoms with van der Waals surface area (Å²) in [6.07, 6.45) is 77.2. The van der Waals surface area contributed by atoms with Gasteiger partial charge in [0.15, 0.2) is 6.10 Å². The van der Waals surface area contributed by atoms with Crippen molar-refractivity contribution in [3.8, 4) is 0 Å². The van der Waals surface area contributed by atoms with Crippen molar-refractivity contribution in [3.63, 3.8) is 0 Å². The van der Waals surface area contributed by atoms with E-state index in [2.05, 4.69) is 63.3 Å². The molecule has 0 rings (SSSR count). The van der Waals surface area contributed by atoms with Crippen LogP contribution in [0.3, 0.4) is 0 Å². The summed E-state index contributed by atoms with van der Waals surface area (Å²) < 4.78 is 16.8. The van der Waals surface area contributed by atoms with Crippen molar-refractivity contribution in [3.05, 3.63) is 48.6 Å². The van der Waals surface area contributed by atoms with Gasteiger partial charge in [-0.05, 0) is 44.9 Å². The van der Waals surface area contributed by atoms with Crippen LogP contribution < -0.4 is 0 Å². The van der Waals surface area contributed by atoms with E-state index in [0.717, 1.165) is 64.2 Å². The molecule has 0 aromatic rings. The minimum Gasteiger partial charge on any atom is -0.462 e. The van der Waals surface area contributed by atoms with E-state index in [-0.39, 0.29) is 37.5 Å². The second kappa shape index (κ2) is 61.9. The smallest absolute Gasteiger partial charge is 0.306 e. The third-order valence-corrected chi connectivity index (χ3v) is 14.4. The molecule has 0 aliphatic rings. The standard InChI is InChI=1S/C67H122O6/c1-4-7-10-13-16-19-22-25-27-29-30-31-32-33-34-35-36-37-38-40-42-45-48-51-54-57-60-66(69)72-63-64(62-71-65(68)59-56-53-50-47-44-41-24-21-18-15-12-9-6-3)73-67(70)61-58-55-52-49-46-43-39-28-26-23-20-17-14-11-8-5-2/h9,12,18,21,41,44,50,53,64H,4-8,10-11,13-17,19-20,22-40,42-43,45-49,51-52,54-63H2,1-3H3/b12-9-,21-18-,44-41-,53-50-. The van der Waals surface area contributed by atoms with Crippen LogP contribution in [0.5, 0.6) is 0 Å². The first-order valence-corrected chi connectivity index (χ1v) is 32.1. The van der Waals surface area contributed by atoms with E-state index < -0.39 is 6.10 Å². The summed E-state index contributed by atoms with van der Waals surface area (Å²) in [4.78, 5) is 38.2. The molecule has 0 bridgehead atoms. The summed E-state index contributed by atoms with van der Waals surface area (Å²) in [5.74, 6) is -0.954. The van der Waals surface area contributed by atoms with Gasteiger partial charge in [-0.3, -0.25) is 14.4 Å². The molecule has 1 unspecified atom stereocenters. The second-order valence-corrected chi connectivity index (χ2v) is 21.7. The molecule has 0 N–H and O–H groups in total. The molecule has 0 aliphatic heterocycles. The van der Waals surface area contributed by atoms with Gasteiger partial charge in [0.05, 0.1) is 0 Å². The lowest BCUT2D eigenvalue weighted by Crippen LogP contribution is -2.30. The number of carbonyl (C=O) groups is 3. The van der Waals surface area contributed by atoms with Gasteiger partial charge in [-0.1, -0.05) is 326 Å². The van der Waals surface area contributed by atoms with Crippen LogP contribution >= 0.6 is 0 Å². The average molecular weight is 1020 g/mol. The monoisotopic (exact) mass is 1020 g/mol. The van der Waals surface area contributed by atoms with E-state index in [9.17, 15) is 14.4 Å². The van der Waals surface area contributed by atoms with E-state index in [1.54, 1.807) is 0 Å². The van der Waals surface area contributed by atoms with Crippen LogP contribution in [0.25, 0.3) is 0 Å². The lowest BCUT2D eigenvalue weighted by Gasteiger charge is -2.18. The van der Waals surface area contributed by atoms with Gasteiger partial charge in [0.2, 0.25) is 0 Å². The molecule has 0 aromatic heterocycles. The Morgan fingerprint density at radius 3 is 0.836 bits per heavy atom. The first kappa shape index (κ1) is 70.4. The molecule has 6 heteroatoms. The van der Waals surface area contributed by atoms with Gasteiger partial charge in [-0.25, -0.2) is 0 Å². The Balaban J connectivity index is 4.24. The Hall–Kier alpha value is -2.63. The molecule has 0 amide bonds. The van der Waals surface area contributed by atoms with Gasteiger partial charge in [0.25, 0.3) is 0 Å². The van der Waals surface area contributed by atoms with Gasteiger partial charge >= 0.3 is 17.9 Å². The van der Waals surface area contributed by atoms with Crippen LogP contribution in [-0.4, -0.2) is 37.2 Å². The molecular weight excluding hydrogens is 901 g/mol. The fourth-order valence-corrected chi connectivity index (χ4v) is 9.58. The van der Waals surface area contributed by atoms with Gasteiger partial charge < -0.3 is 14.2 Å². The lowest BCUT2D eigenvalue weighted by molar-refractivity contribution is -0.166. The Labute approximate surface area is 454 Å². The normalized spacial score (nSPS) is 12.3. The zero-order chi connectivity index (χ0) is 52.9. The number of unbranched alkanes of at least 4 members (excludes halogenated alkanes) is 40. The van der Waals surface area contributed by atoms with Crippen LogP contribution in [0.4, 0.5) is 0 Å². The van der Waals surface area contributed by atoms with Gasteiger partial charge in [0, 0.05) is 19.3 Å². The number of hydrogen-bond donors (Lipinski definition) is 0. The highest BCUT2D eigenvalue weighted by Crippen LogP contribution is 2.18. The van der Waals surface area contributed by atoms with E-state index in [4.69, 9.17) is 14.2 Å². The highest BCUT2D eigenvalue weighted by molar-refractivity contribution is 5.71. The number of hydrogen-bond acceptors (Lipinski definition) is 6. The number of carbonyl (C=O) groups excluding carboxylic acids is 3. The molecule has 1 atom stereocenters. The summed E-state index contributed by atoms with van der Waals surface area (Å²) in [7, 11) is 0. The van der Waals surface area contributed by atoms with E-state index >= 15 is 0 Å². The van der Waals surface area contributed by atoms with Crippen molar-refractivity contribution < 1.29 is 28.6 Å². The second-order valence-electron chi connectivity index (χ2n) is 21.7. The van der Waals surface area contributed by atoms with Crippen molar-refractivity contribution in [1.29, 1.82) is 0 Å². The van der Waals surface area contributed by atoms with Crippen LogP contribution in [0.2, 0.25) is 0 Å². The Kier molecular flexibility index (Phi) is 59.7. The zero-order valence-corrected chi connectivity index (χ0v) is 48.9. The molecule has 426 valence electrons. The molecule has 0 aliphatic carbocycles. The lowest BCUT2D eigenvalue weighted by atomic mass is 10.0. The maximum atomic E-state index is 12.9. The molecule has 0 heterocycles. The van der Waals surface area contributed by atoms with Crippen molar-refractivity contribution in [2.75, 3.05) is 13.2 Å². The number of rotatable bonds is 59. The molecule has 0 saturated carbocycles. The van der Waals surface area contributed by atoms with Crippen LogP contribution in [0.1, 0.15) is 342 Å². The Morgan fingerprint density at radius 1 is 0.288 bits per heavy atom. The molecule has 0 aromatic carbocycles.